The van der Waals surface area contributed by atoms with E-state index < -0.39 is 0 Å². The predicted octanol–water partition coefficient (Wildman–Crippen LogP) is 0.0500. The molecule has 0 unspecified atom stereocenters. The van der Waals surface area contributed by atoms with Crippen LogP contribution in [0.5, 0.6) is 0 Å². The van der Waals surface area contributed by atoms with Gasteiger partial charge >= 0.3 is 0 Å². The summed E-state index contributed by atoms with van der Waals surface area (Å²) in [5.41, 5.74) is 0. The van der Waals surface area contributed by atoms with Gasteiger partial charge in [-0.1, -0.05) is 0 Å². The average Bonchev–Trinajstić information content (AvgIpc) is 2.77. The Morgan fingerprint density at radius 2 is 2.41 bits per heavy atom. The van der Waals surface area contributed by atoms with Gasteiger partial charge in [0, 0.05) is 31.6 Å². The molecule has 1 N–H and O–H groups in total. The van der Waals surface area contributed by atoms with E-state index in [9.17, 15) is 4.79 Å². The van der Waals surface area contributed by atoms with E-state index in [1.165, 1.54) is 10.8 Å². The summed E-state index contributed by atoms with van der Waals surface area (Å²) in [4.78, 5) is 15.6. The summed E-state index contributed by atoms with van der Waals surface area (Å²) in [6, 6.07) is 2.12. The molecule has 2 rings (SSSR count). The van der Waals surface area contributed by atoms with Crippen molar-refractivity contribution in [3.05, 3.63) is 18.2 Å². The van der Waals surface area contributed by atoms with Gasteiger partial charge in [0.25, 0.3) is 0 Å². The quantitative estimate of drug-likeness (QED) is 0.801. The minimum absolute atomic E-state index is 0.0913. The molecule has 1 amide bonds. The van der Waals surface area contributed by atoms with Crippen molar-refractivity contribution in [3.63, 3.8) is 0 Å². The minimum atomic E-state index is -0.0913. The number of carbonyl (C=O) groups is 1. The van der Waals surface area contributed by atoms with Gasteiger partial charge in [-0.25, -0.2) is 4.98 Å². The number of nitriles is 1. The molecule has 1 aromatic heterocycles. The zero-order valence-electron chi connectivity index (χ0n) is 9.43. The molecule has 1 aromatic rings. The fraction of sp³-hybridized carbons (Fsp3) is 0.545. The first-order chi connectivity index (χ1) is 8.29. The van der Waals surface area contributed by atoms with E-state index in [1.54, 1.807) is 6.20 Å². The van der Waals surface area contributed by atoms with Crippen molar-refractivity contribution in [2.75, 3.05) is 13.2 Å². The number of aromatic nitrogens is 2. The number of nitrogens with one attached hydrogen (secondary N) is 1. The van der Waals surface area contributed by atoms with E-state index in [1.807, 2.05) is 6.07 Å². The maximum Gasteiger partial charge on any atom is 0.240 e. The number of carbonyl (C=O) groups excluding carboxylic acids is 1. The van der Waals surface area contributed by atoms with Gasteiger partial charge in [-0.15, -0.1) is 0 Å². The molecule has 2 heterocycles. The molecule has 0 saturated carbocycles. The first-order valence-electron chi connectivity index (χ1n) is 5.58. The Hall–Kier alpha value is -1.87. The minimum Gasteiger partial charge on any atom is -0.381 e. The van der Waals surface area contributed by atoms with E-state index in [4.69, 9.17) is 10.00 Å². The Balaban J connectivity index is 1.87. The Kier molecular flexibility index (Phi) is 3.73. The van der Waals surface area contributed by atoms with Gasteiger partial charge in [0.15, 0.2) is 0 Å². The van der Waals surface area contributed by atoms with Crippen LogP contribution in [0.2, 0.25) is 0 Å². The number of imidazole rings is 1. The Morgan fingerprint density at radius 3 is 3.12 bits per heavy atom. The summed E-state index contributed by atoms with van der Waals surface area (Å²) >= 11 is 0. The van der Waals surface area contributed by atoms with Crippen LogP contribution in [-0.4, -0.2) is 34.7 Å². The van der Waals surface area contributed by atoms with Crippen molar-refractivity contribution in [2.24, 2.45) is 0 Å². The van der Waals surface area contributed by atoms with Crippen molar-refractivity contribution in [2.45, 2.75) is 25.4 Å². The Morgan fingerprint density at radius 1 is 1.65 bits per heavy atom. The Labute approximate surface area is 99.2 Å². The van der Waals surface area contributed by atoms with Crippen LogP contribution in [0.15, 0.2) is 12.4 Å². The number of hydrogen-bond donors (Lipinski definition) is 1. The third kappa shape index (κ3) is 3.04. The van der Waals surface area contributed by atoms with Gasteiger partial charge < -0.3 is 14.6 Å². The van der Waals surface area contributed by atoms with Gasteiger partial charge in [-0.05, 0) is 12.8 Å². The maximum atomic E-state index is 11.7. The SMILES string of the molecule is N#Cc1nccn1CC(=O)NC1CCOCC1. The number of rotatable bonds is 3. The van der Waals surface area contributed by atoms with Crippen LogP contribution in [0.4, 0.5) is 0 Å². The molecule has 1 aliphatic rings. The van der Waals surface area contributed by atoms with Gasteiger partial charge in [-0.2, -0.15) is 5.26 Å². The summed E-state index contributed by atoms with van der Waals surface area (Å²) in [7, 11) is 0. The molecule has 0 radical (unpaired) electrons. The number of nitrogens with zero attached hydrogens (tertiary/aromatic N) is 3. The second-order valence-electron chi connectivity index (χ2n) is 3.94. The number of amides is 1. The molecular formula is C11H14N4O2. The third-order valence-corrected chi connectivity index (χ3v) is 2.72. The molecule has 0 atom stereocenters. The summed E-state index contributed by atoms with van der Waals surface area (Å²) in [5, 5.41) is 11.7. The van der Waals surface area contributed by atoms with Crippen molar-refractivity contribution >= 4 is 5.91 Å². The molecule has 1 saturated heterocycles. The summed E-state index contributed by atoms with van der Waals surface area (Å²) < 4.78 is 6.75. The van der Waals surface area contributed by atoms with Crippen LogP contribution in [0, 0.1) is 11.3 Å². The normalized spacial score (nSPS) is 16.4. The highest BCUT2D eigenvalue weighted by molar-refractivity contribution is 5.76. The lowest BCUT2D eigenvalue weighted by atomic mass is 10.1. The first-order valence-corrected chi connectivity index (χ1v) is 5.58. The lowest BCUT2D eigenvalue weighted by molar-refractivity contribution is -0.123. The van der Waals surface area contributed by atoms with Crippen LogP contribution in [0.25, 0.3) is 0 Å². The van der Waals surface area contributed by atoms with E-state index in [2.05, 4.69) is 10.3 Å². The standard InChI is InChI=1S/C11H14N4O2/c12-7-10-13-3-4-15(10)8-11(16)14-9-1-5-17-6-2-9/h3-4,9H,1-2,5-6,8H2,(H,14,16). The van der Waals surface area contributed by atoms with Gasteiger partial charge in [0.05, 0.1) is 0 Å². The molecular weight excluding hydrogens is 220 g/mol. The molecule has 6 heteroatoms. The molecule has 0 spiro atoms. The molecule has 1 fully saturated rings. The van der Waals surface area contributed by atoms with Crippen molar-refractivity contribution < 1.29 is 9.53 Å². The van der Waals surface area contributed by atoms with Crippen molar-refractivity contribution in [1.29, 1.82) is 5.26 Å². The van der Waals surface area contributed by atoms with Crippen LogP contribution in [-0.2, 0) is 16.1 Å². The smallest absolute Gasteiger partial charge is 0.240 e. The molecule has 17 heavy (non-hydrogen) atoms. The number of ether oxygens (including phenoxy) is 1. The van der Waals surface area contributed by atoms with Crippen LogP contribution in [0.3, 0.4) is 0 Å². The second-order valence-corrected chi connectivity index (χ2v) is 3.94. The molecule has 90 valence electrons. The molecule has 6 nitrogen and oxygen atoms in total. The van der Waals surface area contributed by atoms with Gasteiger partial charge in [0.2, 0.25) is 11.7 Å². The highest BCUT2D eigenvalue weighted by Crippen LogP contribution is 2.06. The van der Waals surface area contributed by atoms with E-state index >= 15 is 0 Å². The molecule has 0 bridgehead atoms. The van der Waals surface area contributed by atoms with Crippen molar-refractivity contribution in [1.82, 2.24) is 14.9 Å². The van der Waals surface area contributed by atoms with E-state index in [-0.39, 0.29) is 24.3 Å². The predicted molar refractivity (Wildman–Crippen MR) is 58.9 cm³/mol. The van der Waals surface area contributed by atoms with Gasteiger partial charge in [0.1, 0.15) is 12.6 Å². The van der Waals surface area contributed by atoms with Crippen LogP contribution >= 0.6 is 0 Å². The summed E-state index contributed by atoms with van der Waals surface area (Å²) in [6.07, 6.45) is 4.84. The van der Waals surface area contributed by atoms with E-state index in [0.717, 1.165) is 12.8 Å². The summed E-state index contributed by atoms with van der Waals surface area (Å²) in [6.45, 7) is 1.53. The maximum absolute atomic E-state index is 11.7. The lowest BCUT2D eigenvalue weighted by Crippen LogP contribution is -2.40. The fourth-order valence-corrected chi connectivity index (χ4v) is 1.82. The van der Waals surface area contributed by atoms with Crippen LogP contribution < -0.4 is 5.32 Å². The van der Waals surface area contributed by atoms with Crippen molar-refractivity contribution in [3.8, 4) is 6.07 Å². The average molecular weight is 234 g/mol. The zero-order valence-corrected chi connectivity index (χ0v) is 9.43. The number of hydrogen-bond acceptors (Lipinski definition) is 4. The Bertz CT molecular complexity index is 429. The topological polar surface area (TPSA) is 79.9 Å². The summed E-state index contributed by atoms with van der Waals surface area (Å²) in [5.74, 6) is 0.165. The van der Waals surface area contributed by atoms with E-state index in [0.29, 0.717) is 13.2 Å². The first kappa shape index (κ1) is 11.6. The third-order valence-electron chi connectivity index (χ3n) is 2.72. The second kappa shape index (κ2) is 5.46. The van der Waals surface area contributed by atoms with Crippen LogP contribution in [0.1, 0.15) is 18.7 Å². The molecule has 0 aromatic carbocycles. The largest absolute Gasteiger partial charge is 0.381 e. The van der Waals surface area contributed by atoms with Gasteiger partial charge in [-0.3, -0.25) is 4.79 Å². The molecule has 0 aliphatic carbocycles. The highest BCUT2D eigenvalue weighted by Gasteiger charge is 2.16. The lowest BCUT2D eigenvalue weighted by Gasteiger charge is -2.23. The molecule has 1 aliphatic heterocycles. The zero-order chi connectivity index (χ0) is 12.1. The highest BCUT2D eigenvalue weighted by atomic mass is 16.5. The fourth-order valence-electron chi connectivity index (χ4n) is 1.82. The monoisotopic (exact) mass is 234 g/mol.